The van der Waals surface area contributed by atoms with Crippen molar-refractivity contribution < 1.29 is 5.11 Å². The summed E-state index contributed by atoms with van der Waals surface area (Å²) in [4.78, 5) is 0. The Hall–Kier alpha value is -3.91. The van der Waals surface area contributed by atoms with Crippen LogP contribution in [0.2, 0.25) is 5.02 Å². The number of hydrogen-bond acceptors (Lipinski definition) is 1. The van der Waals surface area contributed by atoms with Crippen LogP contribution in [0.25, 0.3) is 11.1 Å². The summed E-state index contributed by atoms with van der Waals surface area (Å²) < 4.78 is 0. The van der Waals surface area contributed by atoms with Gasteiger partial charge in [-0.25, -0.2) is 0 Å². The van der Waals surface area contributed by atoms with E-state index < -0.39 is 5.60 Å². The Balaban J connectivity index is 1.97. The first-order valence-corrected chi connectivity index (χ1v) is 12.0. The van der Waals surface area contributed by atoms with Gasteiger partial charge in [-0.05, 0) is 45.5 Å². The molecule has 0 aromatic heterocycles. The third-order valence-electron chi connectivity index (χ3n) is 6.25. The van der Waals surface area contributed by atoms with E-state index in [0.29, 0.717) is 5.02 Å². The van der Waals surface area contributed by atoms with Crippen LogP contribution in [0, 0.1) is 0 Å². The van der Waals surface area contributed by atoms with Crippen LogP contribution >= 0.6 is 11.6 Å². The third kappa shape index (κ3) is 4.57. The standard InChI is InChI=1S/C33H25ClO/c34-30-23-21-26(22-24-30)31(25-13-5-1-6-14-25)32(27-15-7-2-8-16-27)33(35,28-17-9-3-10-18-28)29-19-11-4-12-20-29/h1-24,35H/b32-31+. The maximum absolute atomic E-state index is 12.9. The number of halogens is 1. The van der Waals surface area contributed by atoms with Gasteiger partial charge >= 0.3 is 0 Å². The molecule has 2 heteroatoms. The van der Waals surface area contributed by atoms with Crippen molar-refractivity contribution in [2.75, 3.05) is 0 Å². The zero-order chi connectivity index (χ0) is 24.1. The largest absolute Gasteiger partial charge is 0.376 e. The van der Waals surface area contributed by atoms with Gasteiger partial charge in [0.1, 0.15) is 5.60 Å². The van der Waals surface area contributed by atoms with Gasteiger partial charge in [-0.15, -0.1) is 0 Å². The lowest BCUT2D eigenvalue weighted by molar-refractivity contribution is 0.146. The van der Waals surface area contributed by atoms with Crippen LogP contribution < -0.4 is 0 Å². The Kier molecular flexibility index (Phi) is 6.63. The maximum Gasteiger partial charge on any atom is 0.141 e. The fraction of sp³-hybridized carbons (Fsp3) is 0.0303. The summed E-state index contributed by atoms with van der Waals surface area (Å²) >= 11 is 6.28. The number of aliphatic hydroxyl groups is 1. The molecule has 1 N–H and O–H groups in total. The highest BCUT2D eigenvalue weighted by Crippen LogP contribution is 2.47. The molecular weight excluding hydrogens is 448 g/mol. The van der Waals surface area contributed by atoms with Crippen molar-refractivity contribution in [3.8, 4) is 0 Å². The molecule has 0 amide bonds. The van der Waals surface area contributed by atoms with Gasteiger partial charge in [-0.2, -0.15) is 0 Å². The Labute approximate surface area is 211 Å². The van der Waals surface area contributed by atoms with E-state index in [1.165, 1.54) is 0 Å². The number of benzene rings is 5. The van der Waals surface area contributed by atoms with E-state index in [4.69, 9.17) is 11.6 Å². The van der Waals surface area contributed by atoms with E-state index in [0.717, 1.165) is 39.0 Å². The van der Waals surface area contributed by atoms with E-state index in [1.54, 1.807) is 0 Å². The molecule has 0 spiro atoms. The Morgan fingerprint density at radius 1 is 0.457 bits per heavy atom. The fourth-order valence-electron chi connectivity index (χ4n) is 4.63. The summed E-state index contributed by atoms with van der Waals surface area (Å²) in [5.74, 6) is 0. The Morgan fingerprint density at radius 2 is 0.829 bits per heavy atom. The van der Waals surface area contributed by atoms with E-state index >= 15 is 0 Å². The quantitative estimate of drug-likeness (QED) is 0.247. The third-order valence-corrected chi connectivity index (χ3v) is 6.50. The molecule has 5 aromatic carbocycles. The van der Waals surface area contributed by atoms with Crippen molar-refractivity contribution in [1.82, 2.24) is 0 Å². The van der Waals surface area contributed by atoms with Crippen LogP contribution in [0.5, 0.6) is 0 Å². The molecule has 0 fully saturated rings. The van der Waals surface area contributed by atoms with Crippen LogP contribution in [0.15, 0.2) is 146 Å². The molecule has 0 aliphatic carbocycles. The van der Waals surface area contributed by atoms with E-state index in [2.05, 4.69) is 24.3 Å². The highest BCUT2D eigenvalue weighted by atomic mass is 35.5. The minimum atomic E-state index is -1.42. The zero-order valence-electron chi connectivity index (χ0n) is 19.2. The highest BCUT2D eigenvalue weighted by Gasteiger charge is 2.39. The van der Waals surface area contributed by atoms with Crippen LogP contribution in [0.4, 0.5) is 0 Å². The van der Waals surface area contributed by atoms with Gasteiger partial charge in [-0.1, -0.05) is 145 Å². The topological polar surface area (TPSA) is 20.2 Å². The second-order valence-electron chi connectivity index (χ2n) is 8.43. The first-order valence-electron chi connectivity index (χ1n) is 11.6. The van der Waals surface area contributed by atoms with Crippen molar-refractivity contribution in [1.29, 1.82) is 0 Å². The summed E-state index contributed by atoms with van der Waals surface area (Å²) in [7, 11) is 0. The molecule has 0 saturated carbocycles. The molecule has 0 saturated heterocycles. The van der Waals surface area contributed by atoms with Gasteiger partial charge in [0.05, 0.1) is 0 Å². The summed E-state index contributed by atoms with van der Waals surface area (Å²) in [5.41, 5.74) is 4.86. The lowest BCUT2D eigenvalue weighted by atomic mass is 9.73. The predicted molar refractivity (Wildman–Crippen MR) is 146 cm³/mol. The maximum atomic E-state index is 12.9. The summed E-state index contributed by atoms with van der Waals surface area (Å²) in [6.07, 6.45) is 0. The van der Waals surface area contributed by atoms with Gasteiger partial charge in [-0.3, -0.25) is 0 Å². The van der Waals surface area contributed by atoms with E-state index in [1.807, 2.05) is 121 Å². The smallest absolute Gasteiger partial charge is 0.141 e. The molecule has 1 nitrogen and oxygen atoms in total. The first-order chi connectivity index (χ1) is 17.2. The van der Waals surface area contributed by atoms with E-state index in [9.17, 15) is 5.11 Å². The van der Waals surface area contributed by atoms with Gasteiger partial charge in [0, 0.05) is 10.6 Å². The molecule has 0 aliphatic heterocycles. The average Bonchev–Trinajstić information content (AvgIpc) is 2.94. The van der Waals surface area contributed by atoms with Crippen molar-refractivity contribution in [2.45, 2.75) is 5.60 Å². The van der Waals surface area contributed by atoms with Crippen molar-refractivity contribution in [3.05, 3.63) is 178 Å². The second kappa shape index (κ2) is 10.1. The Bertz CT molecular complexity index is 1370. The average molecular weight is 473 g/mol. The van der Waals surface area contributed by atoms with Gasteiger partial charge in [0.15, 0.2) is 0 Å². The lowest BCUT2D eigenvalue weighted by Gasteiger charge is -2.35. The van der Waals surface area contributed by atoms with Crippen LogP contribution in [0.3, 0.4) is 0 Å². The monoisotopic (exact) mass is 472 g/mol. The highest BCUT2D eigenvalue weighted by molar-refractivity contribution is 6.30. The minimum Gasteiger partial charge on any atom is -0.376 e. The van der Waals surface area contributed by atoms with Crippen LogP contribution in [0.1, 0.15) is 27.8 Å². The van der Waals surface area contributed by atoms with Crippen molar-refractivity contribution >= 4 is 22.7 Å². The van der Waals surface area contributed by atoms with Crippen LogP contribution in [-0.2, 0) is 5.60 Å². The molecule has 5 aromatic rings. The van der Waals surface area contributed by atoms with Gasteiger partial charge in [0.2, 0.25) is 0 Å². The fourth-order valence-corrected chi connectivity index (χ4v) is 4.76. The van der Waals surface area contributed by atoms with Crippen molar-refractivity contribution in [2.24, 2.45) is 0 Å². The van der Waals surface area contributed by atoms with Crippen LogP contribution in [-0.4, -0.2) is 5.11 Å². The van der Waals surface area contributed by atoms with E-state index in [-0.39, 0.29) is 0 Å². The summed E-state index contributed by atoms with van der Waals surface area (Å²) in [6, 6.07) is 48.0. The predicted octanol–water partition coefficient (Wildman–Crippen LogP) is 8.24. The Morgan fingerprint density at radius 3 is 1.29 bits per heavy atom. The molecule has 0 unspecified atom stereocenters. The first kappa shape index (κ1) is 22.9. The molecule has 0 atom stereocenters. The normalized spacial score (nSPS) is 12.2. The molecule has 35 heavy (non-hydrogen) atoms. The number of rotatable bonds is 6. The van der Waals surface area contributed by atoms with Gasteiger partial charge in [0.25, 0.3) is 0 Å². The van der Waals surface area contributed by atoms with Crippen molar-refractivity contribution in [3.63, 3.8) is 0 Å². The summed E-state index contributed by atoms with van der Waals surface area (Å²) in [6.45, 7) is 0. The zero-order valence-corrected chi connectivity index (χ0v) is 19.9. The lowest BCUT2D eigenvalue weighted by Crippen LogP contribution is -2.30. The molecule has 170 valence electrons. The number of hydrogen-bond donors (Lipinski definition) is 1. The molecule has 0 radical (unpaired) electrons. The summed E-state index contributed by atoms with van der Waals surface area (Å²) in [5, 5.41) is 13.6. The van der Waals surface area contributed by atoms with Gasteiger partial charge < -0.3 is 5.11 Å². The molecule has 0 heterocycles. The molecular formula is C33H25ClO. The second-order valence-corrected chi connectivity index (χ2v) is 8.87. The molecule has 5 rings (SSSR count). The molecule has 0 bridgehead atoms. The molecule has 0 aliphatic rings. The SMILES string of the molecule is OC(/C(=C(\c1ccccc1)c1ccc(Cl)cc1)c1ccccc1)(c1ccccc1)c1ccccc1. The minimum absolute atomic E-state index is 0.670.